The van der Waals surface area contributed by atoms with E-state index in [0.717, 1.165) is 40.8 Å². The van der Waals surface area contributed by atoms with Crippen LogP contribution in [0.25, 0.3) is 0 Å². The molecule has 0 fully saturated rings. The number of aryl methyl sites for hydroxylation is 1. The highest BCUT2D eigenvalue weighted by Gasteiger charge is 2.06. The molecule has 0 bridgehead atoms. The van der Waals surface area contributed by atoms with Crippen molar-refractivity contribution < 1.29 is 0 Å². The molecule has 2 aromatic rings. The van der Waals surface area contributed by atoms with Gasteiger partial charge < -0.3 is 10.6 Å². The first-order valence-electron chi connectivity index (χ1n) is 7.72. The van der Waals surface area contributed by atoms with Crippen LogP contribution in [0, 0.1) is 13.8 Å². The molecule has 5 heteroatoms. The van der Waals surface area contributed by atoms with Gasteiger partial charge in [-0.05, 0) is 38.0 Å². The van der Waals surface area contributed by atoms with Crippen molar-refractivity contribution in [3.63, 3.8) is 0 Å². The Balaban J connectivity index is 2.10. The molecular weight excluding hydrogens is 296 g/mol. The quantitative estimate of drug-likeness (QED) is 0.698. The standard InChI is InChI=1S/C17H23ClN4/c1-4-5-6-10-19-17-20-12(2)11-16(22-17)21-15-9-7-8-14(18)13(15)3/h7-9,11H,4-6,10H2,1-3H3,(H2,19,20,21,22). The van der Waals surface area contributed by atoms with Crippen molar-refractivity contribution >= 4 is 29.1 Å². The van der Waals surface area contributed by atoms with Gasteiger partial charge in [0.1, 0.15) is 5.82 Å². The number of nitrogens with zero attached hydrogens (tertiary/aromatic N) is 2. The Morgan fingerprint density at radius 1 is 1.14 bits per heavy atom. The second-order valence-corrected chi connectivity index (χ2v) is 5.80. The van der Waals surface area contributed by atoms with Crippen LogP contribution in [0.4, 0.5) is 17.5 Å². The molecule has 0 aliphatic rings. The van der Waals surface area contributed by atoms with E-state index in [1.54, 1.807) is 0 Å². The van der Waals surface area contributed by atoms with Gasteiger partial charge in [0.05, 0.1) is 0 Å². The van der Waals surface area contributed by atoms with Gasteiger partial charge in [0.25, 0.3) is 0 Å². The lowest BCUT2D eigenvalue weighted by Gasteiger charge is -2.12. The number of anilines is 3. The lowest BCUT2D eigenvalue weighted by atomic mass is 10.2. The molecule has 0 unspecified atom stereocenters. The maximum Gasteiger partial charge on any atom is 0.224 e. The summed E-state index contributed by atoms with van der Waals surface area (Å²) in [5.74, 6) is 1.44. The van der Waals surface area contributed by atoms with Gasteiger partial charge in [0.15, 0.2) is 0 Å². The molecule has 1 aromatic carbocycles. The second-order valence-electron chi connectivity index (χ2n) is 5.39. The van der Waals surface area contributed by atoms with Crippen LogP contribution in [-0.2, 0) is 0 Å². The SMILES string of the molecule is CCCCCNc1nc(C)cc(Nc2cccc(Cl)c2C)n1. The summed E-state index contributed by atoms with van der Waals surface area (Å²) in [5, 5.41) is 7.35. The third-order valence-corrected chi connectivity index (χ3v) is 3.86. The summed E-state index contributed by atoms with van der Waals surface area (Å²) in [6.07, 6.45) is 3.55. The highest BCUT2D eigenvalue weighted by molar-refractivity contribution is 6.31. The van der Waals surface area contributed by atoms with Crippen molar-refractivity contribution in [3.05, 3.63) is 40.5 Å². The molecule has 0 saturated heterocycles. The van der Waals surface area contributed by atoms with Crippen molar-refractivity contribution in [2.75, 3.05) is 17.2 Å². The van der Waals surface area contributed by atoms with Crippen LogP contribution in [0.5, 0.6) is 0 Å². The molecule has 0 atom stereocenters. The fraction of sp³-hybridized carbons (Fsp3) is 0.412. The molecule has 2 N–H and O–H groups in total. The van der Waals surface area contributed by atoms with Crippen LogP contribution in [0.15, 0.2) is 24.3 Å². The van der Waals surface area contributed by atoms with Gasteiger partial charge in [-0.3, -0.25) is 0 Å². The molecule has 118 valence electrons. The molecule has 0 aliphatic carbocycles. The second kappa shape index (κ2) is 7.99. The van der Waals surface area contributed by atoms with Gasteiger partial charge in [-0.2, -0.15) is 4.98 Å². The van der Waals surface area contributed by atoms with Crippen molar-refractivity contribution in [1.82, 2.24) is 9.97 Å². The van der Waals surface area contributed by atoms with Crippen LogP contribution in [0.2, 0.25) is 5.02 Å². The fourth-order valence-electron chi connectivity index (χ4n) is 2.17. The Kier molecular flexibility index (Phi) is 6.01. The third-order valence-electron chi connectivity index (χ3n) is 3.45. The van der Waals surface area contributed by atoms with Crippen molar-refractivity contribution in [3.8, 4) is 0 Å². The average molecular weight is 319 g/mol. The summed E-state index contributed by atoms with van der Waals surface area (Å²) < 4.78 is 0. The van der Waals surface area contributed by atoms with Crippen molar-refractivity contribution in [2.24, 2.45) is 0 Å². The number of benzene rings is 1. The van der Waals surface area contributed by atoms with Gasteiger partial charge in [-0.15, -0.1) is 0 Å². The first-order valence-corrected chi connectivity index (χ1v) is 8.09. The van der Waals surface area contributed by atoms with Crippen LogP contribution in [0.3, 0.4) is 0 Å². The van der Waals surface area contributed by atoms with Crippen LogP contribution >= 0.6 is 11.6 Å². The predicted molar refractivity (Wildman–Crippen MR) is 94.3 cm³/mol. The average Bonchev–Trinajstić information content (AvgIpc) is 2.48. The van der Waals surface area contributed by atoms with Gasteiger partial charge in [0.2, 0.25) is 5.95 Å². The minimum atomic E-state index is 0.665. The smallest absolute Gasteiger partial charge is 0.224 e. The minimum absolute atomic E-state index is 0.665. The monoisotopic (exact) mass is 318 g/mol. The van der Waals surface area contributed by atoms with Gasteiger partial charge in [0, 0.05) is 29.0 Å². The van der Waals surface area contributed by atoms with Crippen LogP contribution < -0.4 is 10.6 Å². The Morgan fingerprint density at radius 3 is 2.73 bits per heavy atom. The summed E-state index contributed by atoms with van der Waals surface area (Å²) in [6.45, 7) is 7.04. The Morgan fingerprint density at radius 2 is 1.95 bits per heavy atom. The lowest BCUT2D eigenvalue weighted by Crippen LogP contribution is -2.07. The summed E-state index contributed by atoms with van der Waals surface area (Å²) in [6, 6.07) is 7.73. The van der Waals surface area contributed by atoms with Crippen molar-refractivity contribution in [1.29, 1.82) is 0 Å². The van der Waals surface area contributed by atoms with Crippen LogP contribution in [0.1, 0.15) is 37.4 Å². The summed E-state index contributed by atoms with van der Waals surface area (Å²) >= 11 is 6.16. The van der Waals surface area contributed by atoms with E-state index in [0.29, 0.717) is 5.95 Å². The number of halogens is 1. The molecule has 0 aliphatic heterocycles. The minimum Gasteiger partial charge on any atom is -0.354 e. The molecule has 22 heavy (non-hydrogen) atoms. The molecule has 0 saturated carbocycles. The molecule has 1 aromatic heterocycles. The van der Waals surface area contributed by atoms with E-state index in [1.807, 2.05) is 38.1 Å². The highest BCUT2D eigenvalue weighted by atomic mass is 35.5. The van der Waals surface area contributed by atoms with Crippen LogP contribution in [-0.4, -0.2) is 16.5 Å². The van der Waals surface area contributed by atoms with Gasteiger partial charge in [-0.1, -0.05) is 37.4 Å². The zero-order valence-corrected chi connectivity index (χ0v) is 14.2. The van der Waals surface area contributed by atoms with E-state index in [-0.39, 0.29) is 0 Å². The number of hydrogen-bond acceptors (Lipinski definition) is 4. The Labute approximate surface area is 137 Å². The van der Waals surface area contributed by atoms with E-state index in [9.17, 15) is 0 Å². The Bertz CT molecular complexity index is 628. The number of aromatic nitrogens is 2. The number of rotatable bonds is 7. The highest BCUT2D eigenvalue weighted by Crippen LogP contribution is 2.25. The van der Waals surface area contributed by atoms with Gasteiger partial charge >= 0.3 is 0 Å². The first-order chi connectivity index (χ1) is 10.6. The summed E-state index contributed by atoms with van der Waals surface area (Å²) in [4.78, 5) is 8.95. The molecule has 2 rings (SSSR count). The van der Waals surface area contributed by atoms with Gasteiger partial charge in [-0.25, -0.2) is 4.98 Å². The zero-order valence-electron chi connectivity index (χ0n) is 13.4. The maximum atomic E-state index is 6.16. The summed E-state index contributed by atoms with van der Waals surface area (Å²) in [7, 11) is 0. The topological polar surface area (TPSA) is 49.8 Å². The summed E-state index contributed by atoms with van der Waals surface area (Å²) in [5.41, 5.74) is 2.90. The zero-order chi connectivity index (χ0) is 15.9. The fourth-order valence-corrected chi connectivity index (χ4v) is 2.34. The number of hydrogen-bond donors (Lipinski definition) is 2. The predicted octanol–water partition coefficient (Wildman–Crippen LogP) is 5.09. The number of nitrogens with one attached hydrogen (secondary N) is 2. The molecule has 4 nitrogen and oxygen atoms in total. The van der Waals surface area contributed by atoms with Crippen molar-refractivity contribution in [2.45, 2.75) is 40.0 Å². The van der Waals surface area contributed by atoms with E-state index in [1.165, 1.54) is 12.8 Å². The van der Waals surface area contributed by atoms with E-state index >= 15 is 0 Å². The Hall–Kier alpha value is -1.81. The first kappa shape index (κ1) is 16.6. The normalized spacial score (nSPS) is 10.5. The molecular formula is C17H23ClN4. The molecule has 1 heterocycles. The van der Waals surface area contributed by atoms with E-state index < -0.39 is 0 Å². The largest absolute Gasteiger partial charge is 0.354 e. The van der Waals surface area contributed by atoms with E-state index in [2.05, 4.69) is 27.5 Å². The number of unbranched alkanes of at least 4 members (excludes halogenated alkanes) is 2. The maximum absolute atomic E-state index is 6.16. The third kappa shape index (κ3) is 4.60. The molecule has 0 radical (unpaired) electrons. The lowest BCUT2D eigenvalue weighted by molar-refractivity contribution is 0.740. The molecule has 0 spiro atoms. The molecule has 0 amide bonds. The van der Waals surface area contributed by atoms with E-state index in [4.69, 9.17) is 11.6 Å².